The summed E-state index contributed by atoms with van der Waals surface area (Å²) < 4.78 is 7.02. The number of ketones is 1. The van der Waals surface area contributed by atoms with Crippen LogP contribution in [0.1, 0.15) is 111 Å². The Labute approximate surface area is 279 Å². The number of aryl methyl sites for hydroxylation is 1. The second-order valence-corrected chi connectivity index (χ2v) is 16.7. The Bertz CT molecular complexity index is 1280. The Balaban J connectivity index is 1.12. The molecule has 1 heterocycles. The van der Waals surface area contributed by atoms with Crippen molar-refractivity contribution in [1.29, 1.82) is 0 Å². The Morgan fingerprint density at radius 2 is 1.87 bits per heavy atom. The van der Waals surface area contributed by atoms with Crippen molar-refractivity contribution >= 4 is 11.7 Å². The first-order valence-corrected chi connectivity index (χ1v) is 18.9. The predicted molar refractivity (Wildman–Crippen MR) is 186 cm³/mol. The maximum atomic E-state index is 13.1. The fourth-order valence-corrected chi connectivity index (χ4v) is 10.9. The van der Waals surface area contributed by atoms with Gasteiger partial charge in [0, 0.05) is 57.9 Å². The quantitative estimate of drug-likeness (QED) is 0.245. The van der Waals surface area contributed by atoms with Crippen molar-refractivity contribution in [3.63, 3.8) is 0 Å². The molecule has 3 saturated carbocycles. The van der Waals surface area contributed by atoms with Gasteiger partial charge in [-0.1, -0.05) is 75.6 Å². The Morgan fingerprint density at radius 1 is 1.09 bits per heavy atom. The summed E-state index contributed by atoms with van der Waals surface area (Å²) in [6.07, 6.45) is 12.6. The number of carbonyl (C=O) groups is 2. The molecule has 1 aromatic rings. The van der Waals surface area contributed by atoms with Crippen molar-refractivity contribution in [2.75, 3.05) is 33.3 Å². The maximum absolute atomic E-state index is 13.1. The minimum atomic E-state index is -0.0783. The van der Waals surface area contributed by atoms with E-state index < -0.39 is 0 Å². The normalized spacial score (nSPS) is 36.4. The lowest BCUT2D eigenvalue weighted by atomic mass is 9.52. The summed E-state index contributed by atoms with van der Waals surface area (Å²) in [5.74, 6) is 4.69. The van der Waals surface area contributed by atoms with Gasteiger partial charge in [-0.05, 0) is 98.9 Å². The van der Waals surface area contributed by atoms with Crippen LogP contribution in [0.3, 0.4) is 0 Å². The molecule has 46 heavy (non-hydrogen) atoms. The Hall–Kier alpha value is -1.98. The zero-order valence-electron chi connectivity index (χ0n) is 29.9. The number of nitrogens with zero attached hydrogens (tertiary/aromatic N) is 2. The smallest absolute Gasteiger partial charge is 0.222 e. The standard InChI is InChI=1S/C41H62N2O3/c1-7-28(2)26-43(22-21-42(6)39(45)16-13-31-11-9-8-10-12-31)38-27-46-41(30(38)4)20-18-34-35-15-14-32-23-33(44)17-19-40(32,5)37(35)24-36(34)29(3)25-41/h8-12,28,30,32,34-35,37-38H,7,13-27H2,1-6H3/t28-,30+,32+,34-,35-,37-,38+,40-,41-/m0/s1. The number of hydrogen-bond acceptors (Lipinski definition) is 4. The fourth-order valence-electron chi connectivity index (χ4n) is 10.9. The van der Waals surface area contributed by atoms with E-state index in [4.69, 9.17) is 4.74 Å². The highest BCUT2D eigenvalue weighted by Gasteiger charge is 2.58. The van der Waals surface area contributed by atoms with Crippen molar-refractivity contribution in [2.45, 2.75) is 123 Å². The van der Waals surface area contributed by atoms with Crippen molar-refractivity contribution in [3.8, 4) is 0 Å². The topological polar surface area (TPSA) is 49.9 Å². The molecule has 1 saturated heterocycles. The zero-order chi connectivity index (χ0) is 32.6. The van der Waals surface area contributed by atoms with E-state index in [1.165, 1.54) is 37.7 Å². The number of Topliss-reactive ketones (excluding diaryl/α,β-unsaturated/α-hetero) is 1. The van der Waals surface area contributed by atoms with Gasteiger partial charge in [0.05, 0.1) is 12.2 Å². The van der Waals surface area contributed by atoms with Crippen LogP contribution in [-0.4, -0.2) is 66.4 Å². The van der Waals surface area contributed by atoms with E-state index in [0.717, 1.165) is 76.6 Å². The van der Waals surface area contributed by atoms with E-state index in [1.807, 2.05) is 18.0 Å². The van der Waals surface area contributed by atoms with Gasteiger partial charge >= 0.3 is 0 Å². The molecule has 6 rings (SSSR count). The Kier molecular flexibility index (Phi) is 10.2. The van der Waals surface area contributed by atoms with Crippen molar-refractivity contribution in [1.82, 2.24) is 9.80 Å². The summed E-state index contributed by atoms with van der Waals surface area (Å²) in [7, 11) is 1.98. The lowest BCUT2D eigenvalue weighted by Crippen LogP contribution is -2.48. The summed E-state index contributed by atoms with van der Waals surface area (Å²) in [5, 5.41) is 0. The van der Waals surface area contributed by atoms with Crippen LogP contribution >= 0.6 is 0 Å². The molecule has 1 aliphatic heterocycles. The van der Waals surface area contributed by atoms with Crippen LogP contribution in [0, 0.1) is 40.9 Å². The number of rotatable bonds is 10. The van der Waals surface area contributed by atoms with Crippen molar-refractivity contribution in [3.05, 3.63) is 47.0 Å². The first-order valence-electron chi connectivity index (χ1n) is 18.9. The monoisotopic (exact) mass is 630 g/mol. The van der Waals surface area contributed by atoms with E-state index in [-0.39, 0.29) is 11.5 Å². The van der Waals surface area contributed by atoms with Gasteiger partial charge in [0.25, 0.3) is 0 Å². The largest absolute Gasteiger partial charge is 0.373 e. The van der Waals surface area contributed by atoms with Gasteiger partial charge in [-0.25, -0.2) is 0 Å². The zero-order valence-corrected chi connectivity index (χ0v) is 29.9. The molecule has 1 spiro atoms. The number of carbonyl (C=O) groups excluding carboxylic acids is 2. The molecular formula is C41H62N2O3. The van der Waals surface area contributed by atoms with Crippen LogP contribution < -0.4 is 0 Å². The average Bonchev–Trinajstić information content (AvgIpc) is 3.55. The van der Waals surface area contributed by atoms with Gasteiger partial charge in [-0.3, -0.25) is 14.5 Å². The van der Waals surface area contributed by atoms with E-state index in [2.05, 4.69) is 63.8 Å². The van der Waals surface area contributed by atoms with Crippen LogP contribution in [0.15, 0.2) is 41.5 Å². The highest BCUT2D eigenvalue weighted by molar-refractivity contribution is 5.79. The molecule has 5 heteroatoms. The molecule has 4 fully saturated rings. The van der Waals surface area contributed by atoms with E-state index in [0.29, 0.717) is 47.3 Å². The molecule has 254 valence electrons. The van der Waals surface area contributed by atoms with Gasteiger partial charge in [0.15, 0.2) is 0 Å². The highest BCUT2D eigenvalue weighted by atomic mass is 16.5. The summed E-state index contributed by atoms with van der Waals surface area (Å²) in [4.78, 5) is 30.1. The molecule has 4 aliphatic carbocycles. The van der Waals surface area contributed by atoms with E-state index in [9.17, 15) is 9.59 Å². The number of amides is 1. The number of hydrogen-bond donors (Lipinski definition) is 0. The molecular weight excluding hydrogens is 568 g/mol. The van der Waals surface area contributed by atoms with Crippen LogP contribution in [0.4, 0.5) is 0 Å². The van der Waals surface area contributed by atoms with Crippen molar-refractivity contribution in [2.24, 2.45) is 40.9 Å². The first kappa shape index (κ1) is 33.9. The summed E-state index contributed by atoms with van der Waals surface area (Å²) in [5.41, 5.74) is 4.89. The maximum Gasteiger partial charge on any atom is 0.222 e. The van der Waals surface area contributed by atoms with Crippen LogP contribution in [0.5, 0.6) is 0 Å². The summed E-state index contributed by atoms with van der Waals surface area (Å²) >= 11 is 0. The third-order valence-electron chi connectivity index (χ3n) is 14.2. The SMILES string of the molecule is CC[C@H](C)CN(CCN(C)C(=O)CCc1ccccc1)[C@@H]1CO[C@]2(CC[C@@H]3C(=C(C)C2)C[C@H]2[C@H]3CC[C@@H]3CC(=O)CC[C@@]32C)[C@@H]1C. The summed E-state index contributed by atoms with van der Waals surface area (Å²) in [6, 6.07) is 10.7. The van der Waals surface area contributed by atoms with Gasteiger partial charge in [-0.2, -0.15) is 0 Å². The number of benzene rings is 1. The van der Waals surface area contributed by atoms with E-state index >= 15 is 0 Å². The molecule has 1 aromatic carbocycles. The van der Waals surface area contributed by atoms with E-state index in [1.54, 1.807) is 11.1 Å². The van der Waals surface area contributed by atoms with Crippen LogP contribution in [-0.2, 0) is 20.7 Å². The van der Waals surface area contributed by atoms with Crippen LogP contribution in [0.2, 0.25) is 0 Å². The van der Waals surface area contributed by atoms with Gasteiger partial charge < -0.3 is 9.64 Å². The van der Waals surface area contributed by atoms with Gasteiger partial charge in [0.1, 0.15) is 5.78 Å². The number of allylic oxidation sites excluding steroid dienone is 1. The molecule has 0 unspecified atom stereocenters. The average molecular weight is 631 g/mol. The fraction of sp³-hybridized carbons (Fsp3) is 0.756. The number of likely N-dealkylation sites (N-methyl/N-ethyl adjacent to an activating group) is 1. The van der Waals surface area contributed by atoms with Gasteiger partial charge in [-0.15, -0.1) is 0 Å². The predicted octanol–water partition coefficient (Wildman–Crippen LogP) is 8.12. The number of ether oxygens (including phenoxy) is 1. The van der Waals surface area contributed by atoms with Gasteiger partial charge in [0.2, 0.25) is 5.91 Å². The van der Waals surface area contributed by atoms with Crippen molar-refractivity contribution < 1.29 is 14.3 Å². The molecule has 5 aliphatic rings. The Morgan fingerprint density at radius 3 is 2.63 bits per heavy atom. The summed E-state index contributed by atoms with van der Waals surface area (Å²) in [6.45, 7) is 15.7. The second kappa shape index (κ2) is 13.9. The first-order chi connectivity index (χ1) is 22.0. The lowest BCUT2D eigenvalue weighted by molar-refractivity contribution is -0.130. The minimum absolute atomic E-state index is 0.0783. The lowest BCUT2D eigenvalue weighted by Gasteiger charge is -2.52. The molecule has 5 nitrogen and oxygen atoms in total. The second-order valence-electron chi connectivity index (χ2n) is 16.7. The minimum Gasteiger partial charge on any atom is -0.373 e. The van der Waals surface area contributed by atoms with Crippen LogP contribution in [0.25, 0.3) is 0 Å². The molecule has 0 radical (unpaired) electrons. The molecule has 9 atom stereocenters. The molecule has 1 amide bonds. The third kappa shape index (κ3) is 6.53. The molecule has 0 bridgehead atoms. The number of fused-ring (bicyclic) bond motifs is 5. The highest BCUT2D eigenvalue weighted by Crippen LogP contribution is 2.64. The molecule has 0 aromatic heterocycles. The molecule has 0 N–H and O–H groups in total. The third-order valence-corrected chi connectivity index (χ3v) is 14.2.